The Morgan fingerprint density at radius 3 is 2.43 bits per heavy atom. The highest BCUT2D eigenvalue weighted by molar-refractivity contribution is 6.22. The fourth-order valence-electron chi connectivity index (χ4n) is 2.96. The van der Waals surface area contributed by atoms with Crippen LogP contribution in [-0.4, -0.2) is 55.0 Å². The average Bonchev–Trinajstić information content (AvgIpc) is 2.83. The van der Waals surface area contributed by atoms with E-state index >= 15 is 0 Å². The van der Waals surface area contributed by atoms with Crippen molar-refractivity contribution in [2.45, 2.75) is 19.4 Å². The van der Waals surface area contributed by atoms with Crippen LogP contribution in [0.2, 0.25) is 0 Å². The lowest BCUT2D eigenvalue weighted by Gasteiger charge is -2.30. The molecule has 1 aromatic carbocycles. The SMILES string of the molecule is CC(=O)Nc1ccc(N2C(=O)C[C@H](N3CCOCC3)C2=O)cc1. The quantitative estimate of drug-likeness (QED) is 0.826. The van der Waals surface area contributed by atoms with Crippen molar-refractivity contribution in [2.75, 3.05) is 36.5 Å². The van der Waals surface area contributed by atoms with Crippen LogP contribution < -0.4 is 10.2 Å². The topological polar surface area (TPSA) is 79.0 Å². The molecule has 7 nitrogen and oxygen atoms in total. The molecule has 7 heteroatoms. The van der Waals surface area contributed by atoms with Gasteiger partial charge in [0.2, 0.25) is 11.8 Å². The molecule has 2 fully saturated rings. The number of imide groups is 1. The lowest BCUT2D eigenvalue weighted by Crippen LogP contribution is -2.47. The van der Waals surface area contributed by atoms with Gasteiger partial charge in [-0.2, -0.15) is 0 Å². The first kappa shape index (κ1) is 15.6. The molecule has 0 aliphatic carbocycles. The average molecular weight is 317 g/mol. The van der Waals surface area contributed by atoms with Crippen LogP contribution in [0.4, 0.5) is 11.4 Å². The van der Waals surface area contributed by atoms with Gasteiger partial charge >= 0.3 is 0 Å². The van der Waals surface area contributed by atoms with E-state index in [2.05, 4.69) is 5.32 Å². The van der Waals surface area contributed by atoms with E-state index in [4.69, 9.17) is 4.74 Å². The number of nitrogens with zero attached hydrogens (tertiary/aromatic N) is 2. The normalized spacial score (nSPS) is 22.5. The minimum absolute atomic E-state index is 0.168. The molecule has 0 aromatic heterocycles. The number of ether oxygens (including phenoxy) is 1. The summed E-state index contributed by atoms with van der Waals surface area (Å²) in [6, 6.07) is 6.30. The minimum Gasteiger partial charge on any atom is -0.379 e. The van der Waals surface area contributed by atoms with Gasteiger partial charge in [-0.15, -0.1) is 0 Å². The zero-order valence-electron chi connectivity index (χ0n) is 12.9. The Morgan fingerprint density at radius 2 is 1.83 bits per heavy atom. The smallest absolute Gasteiger partial charge is 0.251 e. The van der Waals surface area contributed by atoms with E-state index in [0.717, 1.165) is 0 Å². The summed E-state index contributed by atoms with van der Waals surface area (Å²) < 4.78 is 5.29. The highest BCUT2D eigenvalue weighted by Gasteiger charge is 2.42. The maximum absolute atomic E-state index is 12.6. The monoisotopic (exact) mass is 317 g/mol. The lowest BCUT2D eigenvalue weighted by atomic mass is 10.2. The maximum Gasteiger partial charge on any atom is 0.251 e. The van der Waals surface area contributed by atoms with E-state index < -0.39 is 6.04 Å². The number of carbonyl (C=O) groups is 3. The summed E-state index contributed by atoms with van der Waals surface area (Å²) in [6.45, 7) is 3.93. The van der Waals surface area contributed by atoms with Crippen molar-refractivity contribution >= 4 is 29.1 Å². The second kappa shape index (κ2) is 6.47. The van der Waals surface area contributed by atoms with Crippen LogP contribution in [0.15, 0.2) is 24.3 Å². The number of nitrogens with one attached hydrogen (secondary N) is 1. The van der Waals surface area contributed by atoms with Gasteiger partial charge in [0.25, 0.3) is 5.91 Å². The van der Waals surface area contributed by atoms with Crippen LogP contribution in [0.3, 0.4) is 0 Å². The zero-order valence-corrected chi connectivity index (χ0v) is 12.9. The molecule has 1 aromatic rings. The molecule has 0 radical (unpaired) electrons. The third-order valence-corrected chi connectivity index (χ3v) is 4.06. The van der Waals surface area contributed by atoms with Crippen molar-refractivity contribution in [2.24, 2.45) is 0 Å². The molecular formula is C16H19N3O4. The van der Waals surface area contributed by atoms with E-state index in [9.17, 15) is 14.4 Å². The molecule has 0 unspecified atom stereocenters. The Kier molecular flexibility index (Phi) is 4.40. The predicted octanol–water partition coefficient (Wildman–Crippen LogP) is 0.609. The molecular weight excluding hydrogens is 298 g/mol. The molecule has 1 atom stereocenters. The van der Waals surface area contributed by atoms with Crippen LogP contribution in [0.5, 0.6) is 0 Å². The summed E-state index contributed by atoms with van der Waals surface area (Å²) >= 11 is 0. The van der Waals surface area contributed by atoms with Gasteiger partial charge in [-0.3, -0.25) is 19.3 Å². The number of anilines is 2. The van der Waals surface area contributed by atoms with Crippen molar-refractivity contribution in [3.8, 4) is 0 Å². The zero-order chi connectivity index (χ0) is 16.4. The van der Waals surface area contributed by atoms with Crippen molar-refractivity contribution in [1.82, 2.24) is 4.90 Å². The molecule has 0 bridgehead atoms. The number of hydrogen-bond donors (Lipinski definition) is 1. The Morgan fingerprint density at radius 1 is 1.17 bits per heavy atom. The molecule has 3 amide bonds. The Bertz CT molecular complexity index is 623. The van der Waals surface area contributed by atoms with E-state index in [-0.39, 0.29) is 24.1 Å². The fourth-order valence-corrected chi connectivity index (χ4v) is 2.96. The molecule has 0 saturated carbocycles. The van der Waals surface area contributed by atoms with Crippen LogP contribution in [0.25, 0.3) is 0 Å². The van der Waals surface area contributed by atoms with Crippen LogP contribution >= 0.6 is 0 Å². The van der Waals surface area contributed by atoms with E-state index in [1.807, 2.05) is 4.90 Å². The Balaban J connectivity index is 1.75. The number of rotatable bonds is 3. The van der Waals surface area contributed by atoms with Gasteiger partial charge in [-0.05, 0) is 24.3 Å². The van der Waals surface area contributed by atoms with E-state index in [1.54, 1.807) is 24.3 Å². The fraction of sp³-hybridized carbons (Fsp3) is 0.438. The Hall–Kier alpha value is -2.25. The molecule has 23 heavy (non-hydrogen) atoms. The van der Waals surface area contributed by atoms with Gasteiger partial charge in [0.15, 0.2) is 0 Å². The highest BCUT2D eigenvalue weighted by Crippen LogP contribution is 2.27. The van der Waals surface area contributed by atoms with Crippen molar-refractivity contribution < 1.29 is 19.1 Å². The van der Waals surface area contributed by atoms with E-state index in [1.165, 1.54) is 11.8 Å². The number of benzene rings is 1. The van der Waals surface area contributed by atoms with Crippen molar-refractivity contribution in [1.29, 1.82) is 0 Å². The summed E-state index contributed by atoms with van der Waals surface area (Å²) in [5, 5.41) is 2.66. The molecule has 2 aliphatic rings. The van der Waals surface area contributed by atoms with Crippen LogP contribution in [0, 0.1) is 0 Å². The number of carbonyl (C=O) groups excluding carboxylic acids is 3. The molecule has 2 heterocycles. The van der Waals surface area contributed by atoms with Crippen molar-refractivity contribution in [3.05, 3.63) is 24.3 Å². The summed E-state index contributed by atoms with van der Waals surface area (Å²) in [5.41, 5.74) is 1.16. The molecule has 122 valence electrons. The summed E-state index contributed by atoms with van der Waals surface area (Å²) in [5.74, 6) is -0.554. The molecule has 0 spiro atoms. The second-order valence-electron chi connectivity index (χ2n) is 5.66. The summed E-state index contributed by atoms with van der Waals surface area (Å²) in [7, 11) is 0. The highest BCUT2D eigenvalue weighted by atomic mass is 16.5. The van der Waals surface area contributed by atoms with Gasteiger partial charge < -0.3 is 10.1 Å². The third-order valence-electron chi connectivity index (χ3n) is 4.06. The predicted molar refractivity (Wildman–Crippen MR) is 84.0 cm³/mol. The number of amides is 3. The first-order valence-electron chi connectivity index (χ1n) is 7.62. The van der Waals surface area contributed by atoms with Gasteiger partial charge in [0, 0.05) is 25.7 Å². The van der Waals surface area contributed by atoms with Crippen molar-refractivity contribution in [3.63, 3.8) is 0 Å². The maximum atomic E-state index is 12.6. The summed E-state index contributed by atoms with van der Waals surface area (Å²) in [6.07, 6.45) is 0.201. The number of morpholine rings is 1. The van der Waals surface area contributed by atoms with Crippen LogP contribution in [-0.2, 0) is 19.1 Å². The summed E-state index contributed by atoms with van der Waals surface area (Å²) in [4.78, 5) is 39.2. The largest absolute Gasteiger partial charge is 0.379 e. The van der Waals surface area contributed by atoms with Crippen LogP contribution in [0.1, 0.15) is 13.3 Å². The first-order valence-corrected chi connectivity index (χ1v) is 7.62. The van der Waals surface area contributed by atoms with Gasteiger partial charge in [-0.25, -0.2) is 4.90 Å². The van der Waals surface area contributed by atoms with Gasteiger partial charge in [-0.1, -0.05) is 0 Å². The molecule has 1 N–H and O–H groups in total. The number of hydrogen-bond acceptors (Lipinski definition) is 5. The first-order chi connectivity index (χ1) is 11.1. The van der Waals surface area contributed by atoms with Gasteiger partial charge in [0.05, 0.1) is 31.4 Å². The molecule has 2 saturated heterocycles. The molecule has 3 rings (SSSR count). The second-order valence-corrected chi connectivity index (χ2v) is 5.66. The third kappa shape index (κ3) is 3.25. The lowest BCUT2D eigenvalue weighted by molar-refractivity contribution is -0.124. The standard InChI is InChI=1S/C16H19N3O4/c1-11(20)17-12-2-4-13(5-3-12)19-15(21)10-14(16(19)22)18-6-8-23-9-7-18/h2-5,14H,6-10H2,1H3,(H,17,20)/t14-/m0/s1. The van der Waals surface area contributed by atoms with Gasteiger partial charge in [0.1, 0.15) is 0 Å². The minimum atomic E-state index is -0.401. The van der Waals surface area contributed by atoms with E-state index in [0.29, 0.717) is 37.7 Å². The molecule has 2 aliphatic heterocycles. The Labute approximate surface area is 134 Å².